The summed E-state index contributed by atoms with van der Waals surface area (Å²) in [5.41, 5.74) is 3.10. The summed E-state index contributed by atoms with van der Waals surface area (Å²) in [6.07, 6.45) is 8.34. The molecular weight excluding hydrogens is 220 g/mol. The molecule has 1 heterocycles. The van der Waals surface area contributed by atoms with Gasteiger partial charge >= 0.3 is 0 Å². The van der Waals surface area contributed by atoms with E-state index in [0.29, 0.717) is 5.92 Å². The summed E-state index contributed by atoms with van der Waals surface area (Å²) >= 11 is 0. The molecule has 100 valence electrons. The van der Waals surface area contributed by atoms with Gasteiger partial charge in [-0.15, -0.1) is 0 Å². The van der Waals surface area contributed by atoms with Crippen molar-refractivity contribution in [1.29, 1.82) is 0 Å². The Balaban J connectivity index is 1.84. The molecule has 1 aliphatic rings. The van der Waals surface area contributed by atoms with Crippen LogP contribution in [0.15, 0.2) is 18.3 Å². The van der Waals surface area contributed by atoms with Crippen LogP contribution in [0, 0.1) is 0 Å². The van der Waals surface area contributed by atoms with E-state index in [0.717, 1.165) is 6.54 Å². The summed E-state index contributed by atoms with van der Waals surface area (Å²) in [6.45, 7) is 7.79. The van der Waals surface area contributed by atoms with Crippen LogP contribution in [0.3, 0.4) is 0 Å². The molecular formula is C16H26N2. The molecule has 0 saturated carbocycles. The maximum Gasteiger partial charge on any atom is 0.0466 e. The highest BCUT2D eigenvalue weighted by Gasteiger charge is 2.20. The lowest BCUT2D eigenvalue weighted by Gasteiger charge is -2.25. The predicted molar refractivity (Wildman–Crippen MR) is 76.9 cm³/mol. The fraction of sp³-hybridized carbons (Fsp3) is 0.688. The van der Waals surface area contributed by atoms with Gasteiger partial charge in [0.05, 0.1) is 0 Å². The van der Waals surface area contributed by atoms with Crippen molar-refractivity contribution in [2.75, 3.05) is 6.54 Å². The number of fused-ring (bicyclic) bond motifs is 1. The highest BCUT2D eigenvalue weighted by atomic mass is 14.9. The van der Waals surface area contributed by atoms with E-state index in [9.17, 15) is 0 Å². The van der Waals surface area contributed by atoms with Gasteiger partial charge in [0.2, 0.25) is 0 Å². The zero-order valence-electron chi connectivity index (χ0n) is 12.0. The van der Waals surface area contributed by atoms with Crippen LogP contribution in [-0.4, -0.2) is 17.1 Å². The third-order valence-electron chi connectivity index (χ3n) is 3.70. The van der Waals surface area contributed by atoms with Crippen molar-refractivity contribution < 1.29 is 0 Å². The molecule has 1 unspecified atom stereocenters. The molecule has 0 amide bonds. The van der Waals surface area contributed by atoms with Gasteiger partial charge in [-0.25, -0.2) is 0 Å². The Morgan fingerprint density at radius 2 is 2.22 bits per heavy atom. The first-order valence-electron chi connectivity index (χ1n) is 7.25. The van der Waals surface area contributed by atoms with Crippen LogP contribution in [-0.2, 0) is 6.42 Å². The van der Waals surface area contributed by atoms with Crippen LogP contribution in [0.25, 0.3) is 0 Å². The second kappa shape index (κ2) is 5.83. The Hall–Kier alpha value is -0.890. The third-order valence-corrected chi connectivity index (χ3v) is 3.70. The lowest BCUT2D eigenvalue weighted by Crippen LogP contribution is -2.36. The first-order valence-corrected chi connectivity index (χ1v) is 7.25. The van der Waals surface area contributed by atoms with E-state index in [2.05, 4.69) is 43.2 Å². The van der Waals surface area contributed by atoms with Crippen LogP contribution < -0.4 is 5.32 Å². The van der Waals surface area contributed by atoms with Crippen molar-refractivity contribution in [3.05, 3.63) is 29.6 Å². The minimum atomic E-state index is 0.239. The Bertz CT molecular complexity index is 379. The normalized spacial score (nSPS) is 19.6. The van der Waals surface area contributed by atoms with Gasteiger partial charge in [0, 0.05) is 23.3 Å². The predicted octanol–water partition coefficient (Wildman–Crippen LogP) is 3.67. The summed E-state index contributed by atoms with van der Waals surface area (Å²) in [6, 6.07) is 4.32. The fourth-order valence-electron chi connectivity index (χ4n) is 2.80. The van der Waals surface area contributed by atoms with Crippen molar-refractivity contribution >= 4 is 0 Å². The maximum atomic E-state index is 4.61. The summed E-state index contributed by atoms with van der Waals surface area (Å²) in [5, 5.41) is 3.57. The molecule has 0 spiro atoms. The van der Waals surface area contributed by atoms with E-state index in [1.807, 2.05) is 6.20 Å². The smallest absolute Gasteiger partial charge is 0.0466 e. The summed E-state index contributed by atoms with van der Waals surface area (Å²) in [5.74, 6) is 0.691. The standard InChI is InChI=1S/C16H26N2/c1-16(2,3)18-12-6-10-14-8-4-7-13-9-5-11-17-15(13)14/h5,9,11,14,18H,4,6-8,10,12H2,1-3H3. The molecule has 0 radical (unpaired) electrons. The largest absolute Gasteiger partial charge is 0.312 e. The number of pyridine rings is 1. The lowest BCUT2D eigenvalue weighted by atomic mass is 9.84. The van der Waals surface area contributed by atoms with E-state index < -0.39 is 0 Å². The van der Waals surface area contributed by atoms with E-state index in [4.69, 9.17) is 0 Å². The first kappa shape index (κ1) is 13.5. The van der Waals surface area contributed by atoms with Crippen LogP contribution in [0.2, 0.25) is 0 Å². The molecule has 1 aromatic heterocycles. The number of rotatable bonds is 4. The molecule has 2 rings (SSSR count). The molecule has 0 fully saturated rings. The summed E-state index contributed by atoms with van der Waals surface area (Å²) < 4.78 is 0. The van der Waals surface area contributed by atoms with Gasteiger partial charge in [-0.1, -0.05) is 6.07 Å². The van der Waals surface area contributed by atoms with Crippen molar-refractivity contribution in [3.63, 3.8) is 0 Å². The quantitative estimate of drug-likeness (QED) is 0.820. The van der Waals surface area contributed by atoms with E-state index in [-0.39, 0.29) is 5.54 Å². The summed E-state index contributed by atoms with van der Waals surface area (Å²) in [4.78, 5) is 4.61. The summed E-state index contributed by atoms with van der Waals surface area (Å²) in [7, 11) is 0. The number of hydrogen-bond donors (Lipinski definition) is 1. The monoisotopic (exact) mass is 246 g/mol. The minimum Gasteiger partial charge on any atom is -0.312 e. The van der Waals surface area contributed by atoms with Gasteiger partial charge in [-0.2, -0.15) is 0 Å². The van der Waals surface area contributed by atoms with Gasteiger partial charge < -0.3 is 5.32 Å². The Kier molecular flexibility index (Phi) is 4.39. The van der Waals surface area contributed by atoms with Crippen LogP contribution in [0.1, 0.15) is 63.6 Å². The maximum absolute atomic E-state index is 4.61. The second-order valence-electron chi connectivity index (χ2n) is 6.46. The molecule has 1 atom stereocenters. The molecule has 0 bridgehead atoms. The van der Waals surface area contributed by atoms with Gasteiger partial charge in [-0.3, -0.25) is 4.98 Å². The highest BCUT2D eigenvalue weighted by molar-refractivity contribution is 5.25. The van der Waals surface area contributed by atoms with E-state index in [1.54, 1.807) is 0 Å². The number of nitrogens with one attached hydrogen (secondary N) is 1. The molecule has 0 aromatic carbocycles. The van der Waals surface area contributed by atoms with Crippen molar-refractivity contribution in [1.82, 2.24) is 10.3 Å². The molecule has 0 saturated heterocycles. The molecule has 18 heavy (non-hydrogen) atoms. The SMILES string of the molecule is CC(C)(C)NCCCC1CCCc2cccnc21. The Labute approximate surface area is 111 Å². The number of hydrogen-bond acceptors (Lipinski definition) is 2. The van der Waals surface area contributed by atoms with Crippen LogP contribution in [0.5, 0.6) is 0 Å². The van der Waals surface area contributed by atoms with E-state index >= 15 is 0 Å². The van der Waals surface area contributed by atoms with Crippen LogP contribution in [0.4, 0.5) is 0 Å². The Morgan fingerprint density at radius 1 is 1.39 bits per heavy atom. The third kappa shape index (κ3) is 3.81. The molecule has 1 aromatic rings. The number of nitrogens with zero attached hydrogens (tertiary/aromatic N) is 1. The fourth-order valence-corrected chi connectivity index (χ4v) is 2.80. The Morgan fingerprint density at radius 3 is 3.00 bits per heavy atom. The van der Waals surface area contributed by atoms with Gasteiger partial charge in [-0.05, 0) is 71.0 Å². The average Bonchev–Trinajstić information content (AvgIpc) is 2.33. The molecule has 1 N–H and O–H groups in total. The molecule has 1 aliphatic carbocycles. The molecule has 2 heteroatoms. The molecule has 2 nitrogen and oxygen atoms in total. The number of aryl methyl sites for hydroxylation is 1. The number of aromatic nitrogens is 1. The zero-order chi connectivity index (χ0) is 13.0. The van der Waals surface area contributed by atoms with E-state index in [1.165, 1.54) is 43.4 Å². The van der Waals surface area contributed by atoms with Crippen molar-refractivity contribution in [2.24, 2.45) is 0 Å². The van der Waals surface area contributed by atoms with Crippen molar-refractivity contribution in [3.8, 4) is 0 Å². The van der Waals surface area contributed by atoms with Gasteiger partial charge in [0.25, 0.3) is 0 Å². The highest BCUT2D eigenvalue weighted by Crippen LogP contribution is 2.32. The first-order chi connectivity index (χ1) is 8.56. The topological polar surface area (TPSA) is 24.9 Å². The van der Waals surface area contributed by atoms with Crippen LogP contribution >= 0.6 is 0 Å². The molecule has 0 aliphatic heterocycles. The van der Waals surface area contributed by atoms with Gasteiger partial charge in [0.1, 0.15) is 0 Å². The second-order valence-corrected chi connectivity index (χ2v) is 6.46. The zero-order valence-corrected chi connectivity index (χ0v) is 12.0. The average molecular weight is 246 g/mol. The van der Waals surface area contributed by atoms with Crippen molar-refractivity contribution in [2.45, 2.75) is 64.3 Å². The lowest BCUT2D eigenvalue weighted by molar-refractivity contribution is 0.403. The van der Waals surface area contributed by atoms with Gasteiger partial charge in [0.15, 0.2) is 0 Å². The minimum absolute atomic E-state index is 0.239.